The number of fused-ring (bicyclic) bond motifs is 1. The van der Waals surface area contributed by atoms with Crippen molar-refractivity contribution in [3.05, 3.63) is 70.3 Å². The lowest BCUT2D eigenvalue weighted by atomic mass is 10.1. The Hall–Kier alpha value is -3.15. The highest BCUT2D eigenvalue weighted by molar-refractivity contribution is 5.87. The van der Waals surface area contributed by atoms with Gasteiger partial charge in [-0.25, -0.2) is 9.78 Å². The number of carbonyl (C=O) groups is 1. The van der Waals surface area contributed by atoms with Gasteiger partial charge in [0.05, 0.1) is 29.3 Å². The second-order valence-electron chi connectivity index (χ2n) is 4.96. The normalized spacial score (nSPS) is 10.7. The number of carboxylic acids is 1. The average molecular weight is 295 g/mol. The summed E-state index contributed by atoms with van der Waals surface area (Å²) in [5.74, 6) is -0.980. The lowest BCUT2D eigenvalue weighted by Gasteiger charge is -2.07. The van der Waals surface area contributed by atoms with Crippen molar-refractivity contribution in [2.75, 3.05) is 5.73 Å². The average Bonchev–Trinajstić information content (AvgIpc) is 2.51. The van der Waals surface area contributed by atoms with Crippen molar-refractivity contribution in [2.24, 2.45) is 0 Å². The zero-order valence-corrected chi connectivity index (χ0v) is 11.6. The van der Waals surface area contributed by atoms with Crippen molar-refractivity contribution in [3.8, 4) is 0 Å². The van der Waals surface area contributed by atoms with Gasteiger partial charge in [0.1, 0.15) is 0 Å². The molecule has 0 spiro atoms. The maximum Gasteiger partial charge on any atom is 0.335 e. The molecule has 3 rings (SSSR count). The fraction of sp³-hybridized carbons (Fsp3) is 0.0625. The molecule has 6 heteroatoms. The fourth-order valence-corrected chi connectivity index (χ4v) is 2.24. The summed E-state index contributed by atoms with van der Waals surface area (Å²) in [6, 6.07) is 11.4. The molecule has 0 aliphatic carbocycles. The van der Waals surface area contributed by atoms with E-state index in [9.17, 15) is 9.59 Å². The van der Waals surface area contributed by atoms with Crippen molar-refractivity contribution in [1.29, 1.82) is 0 Å². The third kappa shape index (κ3) is 2.54. The van der Waals surface area contributed by atoms with Crippen molar-refractivity contribution in [1.82, 2.24) is 9.55 Å². The number of hydrogen-bond donors (Lipinski definition) is 2. The summed E-state index contributed by atoms with van der Waals surface area (Å²) in [6.07, 6.45) is 1.48. The molecule has 1 aromatic heterocycles. The van der Waals surface area contributed by atoms with Crippen LogP contribution in [0.2, 0.25) is 0 Å². The first-order chi connectivity index (χ1) is 10.5. The van der Waals surface area contributed by atoms with Gasteiger partial charge in [0, 0.05) is 5.69 Å². The molecule has 6 nitrogen and oxygen atoms in total. The number of aromatic carboxylic acids is 1. The van der Waals surface area contributed by atoms with Gasteiger partial charge in [-0.05, 0) is 35.9 Å². The molecule has 0 aliphatic heterocycles. The quantitative estimate of drug-likeness (QED) is 0.717. The highest BCUT2D eigenvalue weighted by atomic mass is 16.4. The van der Waals surface area contributed by atoms with Crippen LogP contribution in [0.4, 0.5) is 5.69 Å². The van der Waals surface area contributed by atoms with Gasteiger partial charge >= 0.3 is 5.97 Å². The number of anilines is 1. The summed E-state index contributed by atoms with van der Waals surface area (Å²) in [7, 11) is 0. The molecule has 22 heavy (non-hydrogen) atoms. The summed E-state index contributed by atoms with van der Waals surface area (Å²) < 4.78 is 1.47. The van der Waals surface area contributed by atoms with E-state index < -0.39 is 5.97 Å². The van der Waals surface area contributed by atoms with E-state index in [4.69, 9.17) is 10.8 Å². The number of hydrogen-bond acceptors (Lipinski definition) is 4. The highest BCUT2D eigenvalue weighted by Crippen LogP contribution is 2.12. The van der Waals surface area contributed by atoms with E-state index in [-0.39, 0.29) is 11.1 Å². The number of carboxylic acid groups (broad SMARTS) is 1. The first-order valence-electron chi connectivity index (χ1n) is 6.61. The number of nitrogens with zero attached hydrogens (tertiary/aromatic N) is 2. The van der Waals surface area contributed by atoms with Crippen LogP contribution < -0.4 is 11.3 Å². The molecule has 0 aliphatic rings. The van der Waals surface area contributed by atoms with Crippen LogP contribution >= 0.6 is 0 Å². The molecule has 3 aromatic rings. The maximum absolute atomic E-state index is 12.4. The Labute approximate surface area is 125 Å². The van der Waals surface area contributed by atoms with E-state index in [1.54, 1.807) is 30.3 Å². The Balaban J connectivity index is 1.98. The predicted octanol–water partition coefficient (Wildman–Crippen LogP) is 1.73. The fourth-order valence-electron chi connectivity index (χ4n) is 2.24. The number of rotatable bonds is 3. The molecule has 0 radical (unpaired) electrons. The molecular weight excluding hydrogens is 282 g/mol. The summed E-state index contributed by atoms with van der Waals surface area (Å²) >= 11 is 0. The van der Waals surface area contributed by atoms with Crippen LogP contribution in [0.3, 0.4) is 0 Å². The monoisotopic (exact) mass is 295 g/mol. The highest BCUT2D eigenvalue weighted by Gasteiger charge is 2.06. The molecule has 0 bridgehead atoms. The Morgan fingerprint density at radius 2 is 1.91 bits per heavy atom. The van der Waals surface area contributed by atoms with Gasteiger partial charge in [-0.2, -0.15) is 0 Å². The molecule has 1 heterocycles. The minimum atomic E-state index is -0.980. The molecular formula is C16H13N3O3. The number of nitrogen functional groups attached to an aromatic ring is 1. The third-order valence-electron chi connectivity index (χ3n) is 3.40. The van der Waals surface area contributed by atoms with Gasteiger partial charge in [0.15, 0.2) is 0 Å². The summed E-state index contributed by atoms with van der Waals surface area (Å²) in [4.78, 5) is 27.5. The molecule has 0 unspecified atom stereocenters. The first kappa shape index (κ1) is 13.8. The van der Waals surface area contributed by atoms with E-state index in [1.807, 2.05) is 0 Å². The second-order valence-corrected chi connectivity index (χ2v) is 4.96. The molecule has 2 aromatic carbocycles. The minimum absolute atomic E-state index is 0.181. The van der Waals surface area contributed by atoms with Crippen molar-refractivity contribution in [2.45, 2.75) is 6.54 Å². The number of aromatic nitrogens is 2. The lowest BCUT2D eigenvalue weighted by molar-refractivity contribution is 0.0697. The molecule has 110 valence electrons. The van der Waals surface area contributed by atoms with Crippen LogP contribution in [0.25, 0.3) is 10.9 Å². The molecule has 0 saturated carbocycles. The smallest absolute Gasteiger partial charge is 0.335 e. The Morgan fingerprint density at radius 3 is 2.59 bits per heavy atom. The SMILES string of the molecule is Nc1ccc2ncn(Cc3ccc(C(=O)O)cc3)c(=O)c2c1. The summed E-state index contributed by atoms with van der Waals surface area (Å²) in [5.41, 5.74) is 7.66. The molecule has 0 atom stereocenters. The van der Waals surface area contributed by atoms with Gasteiger partial charge in [0.25, 0.3) is 5.56 Å². The number of benzene rings is 2. The van der Waals surface area contributed by atoms with E-state index in [0.29, 0.717) is 23.1 Å². The second kappa shape index (κ2) is 5.33. The third-order valence-corrected chi connectivity index (χ3v) is 3.40. The molecule has 0 fully saturated rings. The van der Waals surface area contributed by atoms with Crippen LogP contribution in [0.1, 0.15) is 15.9 Å². The summed E-state index contributed by atoms with van der Waals surface area (Å²) in [5, 5.41) is 9.34. The van der Waals surface area contributed by atoms with Crippen LogP contribution in [-0.4, -0.2) is 20.6 Å². The predicted molar refractivity (Wildman–Crippen MR) is 82.9 cm³/mol. The molecule has 3 N–H and O–H groups in total. The minimum Gasteiger partial charge on any atom is -0.478 e. The van der Waals surface area contributed by atoms with Gasteiger partial charge in [-0.15, -0.1) is 0 Å². The van der Waals surface area contributed by atoms with Gasteiger partial charge in [-0.3, -0.25) is 9.36 Å². The molecule has 0 saturated heterocycles. The zero-order valence-electron chi connectivity index (χ0n) is 11.6. The van der Waals surface area contributed by atoms with Gasteiger partial charge in [0.2, 0.25) is 0 Å². The van der Waals surface area contributed by atoms with Crippen LogP contribution in [-0.2, 0) is 6.54 Å². The topological polar surface area (TPSA) is 98.2 Å². The standard InChI is InChI=1S/C16H13N3O3/c17-12-5-6-14-13(7-12)15(20)19(9-18-14)8-10-1-3-11(4-2-10)16(21)22/h1-7,9H,8,17H2,(H,21,22). The van der Waals surface area contributed by atoms with Crippen LogP contribution in [0, 0.1) is 0 Å². The Morgan fingerprint density at radius 1 is 1.18 bits per heavy atom. The van der Waals surface area contributed by atoms with Gasteiger partial charge in [-0.1, -0.05) is 12.1 Å². The first-order valence-corrected chi connectivity index (χ1v) is 6.61. The maximum atomic E-state index is 12.4. The van der Waals surface area contributed by atoms with Gasteiger partial charge < -0.3 is 10.8 Å². The van der Waals surface area contributed by atoms with E-state index in [0.717, 1.165) is 5.56 Å². The van der Waals surface area contributed by atoms with E-state index in [2.05, 4.69) is 4.98 Å². The van der Waals surface area contributed by atoms with Crippen molar-refractivity contribution in [3.63, 3.8) is 0 Å². The number of nitrogens with two attached hydrogens (primary N) is 1. The van der Waals surface area contributed by atoms with E-state index >= 15 is 0 Å². The Kier molecular flexibility index (Phi) is 3.34. The zero-order chi connectivity index (χ0) is 15.7. The van der Waals surface area contributed by atoms with Crippen LogP contribution in [0.15, 0.2) is 53.6 Å². The van der Waals surface area contributed by atoms with Crippen molar-refractivity contribution < 1.29 is 9.90 Å². The van der Waals surface area contributed by atoms with Crippen LogP contribution in [0.5, 0.6) is 0 Å². The Bertz CT molecular complexity index is 914. The lowest BCUT2D eigenvalue weighted by Crippen LogP contribution is -2.21. The molecule has 0 amide bonds. The summed E-state index contributed by atoms with van der Waals surface area (Å²) in [6.45, 7) is 0.316. The van der Waals surface area contributed by atoms with E-state index in [1.165, 1.54) is 23.0 Å². The van der Waals surface area contributed by atoms with Crippen molar-refractivity contribution >= 4 is 22.6 Å². The largest absolute Gasteiger partial charge is 0.478 e.